The first-order valence-electron chi connectivity index (χ1n) is 9.57. The van der Waals surface area contributed by atoms with Crippen LogP contribution in [-0.4, -0.2) is 12.2 Å². The number of carbonyl (C=O) groups excluding carboxylic acids is 2. The predicted octanol–water partition coefficient (Wildman–Crippen LogP) is 5.46. The minimum atomic E-state index is 0.711. The minimum Gasteiger partial charge on any atom is -0.211 e. The van der Waals surface area contributed by atoms with Crippen LogP contribution in [-0.2, 0) is 41.7 Å². The summed E-state index contributed by atoms with van der Waals surface area (Å²) in [6.45, 7) is 8.26. The molecule has 0 N–H and O–H groups in total. The Bertz CT molecular complexity index is 843. The van der Waals surface area contributed by atoms with Gasteiger partial charge in [-0.05, 0) is 65.5 Å². The molecule has 0 amide bonds. The lowest BCUT2D eigenvalue weighted by Gasteiger charge is -2.17. The van der Waals surface area contributed by atoms with Gasteiger partial charge in [0.2, 0.25) is 12.2 Å². The van der Waals surface area contributed by atoms with Crippen LogP contribution < -0.4 is 0 Å². The maximum Gasteiger partial charge on any atom is 0.240 e. The van der Waals surface area contributed by atoms with Gasteiger partial charge in [-0.2, -0.15) is 9.98 Å². The van der Waals surface area contributed by atoms with E-state index in [1.54, 1.807) is 12.2 Å². The summed E-state index contributed by atoms with van der Waals surface area (Å²) in [5.74, 6) is 0. The van der Waals surface area contributed by atoms with Crippen molar-refractivity contribution < 1.29 is 9.59 Å². The van der Waals surface area contributed by atoms with Gasteiger partial charge in [0, 0.05) is 0 Å². The van der Waals surface area contributed by atoms with Crippen molar-refractivity contribution in [3.63, 3.8) is 0 Å². The van der Waals surface area contributed by atoms with Gasteiger partial charge in [-0.1, -0.05) is 52.0 Å². The van der Waals surface area contributed by atoms with Crippen LogP contribution in [0.4, 0.5) is 11.4 Å². The van der Waals surface area contributed by atoms with E-state index in [0.29, 0.717) is 6.42 Å². The number of nitrogens with zero attached hydrogens (tertiary/aromatic N) is 2. The lowest BCUT2D eigenvalue weighted by Crippen LogP contribution is -2.02. The normalized spacial score (nSPS) is 10.2. The van der Waals surface area contributed by atoms with Gasteiger partial charge in [0.15, 0.2) is 0 Å². The zero-order chi connectivity index (χ0) is 19.8. The van der Waals surface area contributed by atoms with E-state index in [4.69, 9.17) is 0 Å². The third kappa shape index (κ3) is 4.31. The van der Waals surface area contributed by atoms with Crippen molar-refractivity contribution in [3.8, 4) is 0 Å². The molecule has 4 heteroatoms. The molecule has 27 heavy (non-hydrogen) atoms. The lowest BCUT2D eigenvalue weighted by atomic mass is 9.89. The molecule has 0 aromatic heterocycles. The van der Waals surface area contributed by atoms with Crippen LogP contribution in [0.25, 0.3) is 0 Å². The first kappa shape index (κ1) is 20.5. The van der Waals surface area contributed by atoms with Gasteiger partial charge in [-0.15, -0.1) is 0 Å². The minimum absolute atomic E-state index is 0.711. The summed E-state index contributed by atoms with van der Waals surface area (Å²) in [5, 5.41) is 0. The highest BCUT2D eigenvalue weighted by Crippen LogP contribution is 2.34. The van der Waals surface area contributed by atoms with E-state index in [-0.39, 0.29) is 0 Å². The summed E-state index contributed by atoms with van der Waals surface area (Å²) in [6, 6.07) is 8.33. The van der Waals surface area contributed by atoms with Crippen LogP contribution in [0.2, 0.25) is 0 Å². The SMILES string of the molecule is CCc1ccc(Cc2ccc(CC)c(N=C=O)c2CC)c(CC)c1N=C=O. The molecule has 0 aliphatic carbocycles. The van der Waals surface area contributed by atoms with Crippen LogP contribution in [0.1, 0.15) is 61.1 Å². The molecule has 0 fully saturated rings. The quantitative estimate of drug-likeness (QED) is 0.462. The summed E-state index contributed by atoms with van der Waals surface area (Å²) in [7, 11) is 0. The Morgan fingerprint density at radius 2 is 1.00 bits per heavy atom. The zero-order valence-electron chi connectivity index (χ0n) is 16.6. The van der Waals surface area contributed by atoms with Gasteiger partial charge in [-0.3, -0.25) is 0 Å². The standard InChI is InChI=1S/C23H26N2O2/c1-5-16-9-11-18(20(7-3)22(16)24-14-26)13-19-12-10-17(6-2)23(25-15-27)21(19)8-4/h9-12H,5-8,13H2,1-4H3. The molecule has 2 aromatic rings. The smallest absolute Gasteiger partial charge is 0.211 e. The first-order valence-corrected chi connectivity index (χ1v) is 9.57. The number of hydrogen-bond donors (Lipinski definition) is 0. The molecular formula is C23H26N2O2. The van der Waals surface area contributed by atoms with Crippen molar-refractivity contribution in [2.75, 3.05) is 0 Å². The van der Waals surface area contributed by atoms with E-state index < -0.39 is 0 Å². The fraction of sp³-hybridized carbons (Fsp3) is 0.391. The summed E-state index contributed by atoms with van der Waals surface area (Å²) < 4.78 is 0. The van der Waals surface area contributed by atoms with E-state index in [0.717, 1.165) is 70.4 Å². The topological polar surface area (TPSA) is 58.9 Å². The fourth-order valence-electron chi connectivity index (χ4n) is 3.72. The highest BCUT2D eigenvalue weighted by atomic mass is 16.1. The van der Waals surface area contributed by atoms with Gasteiger partial charge in [0.1, 0.15) is 0 Å². The summed E-state index contributed by atoms with van der Waals surface area (Å²) in [4.78, 5) is 29.8. The van der Waals surface area contributed by atoms with E-state index in [2.05, 4.69) is 49.8 Å². The number of isocyanates is 2. The number of hydrogen-bond acceptors (Lipinski definition) is 4. The number of aliphatic imine (C=N–C) groups is 2. The molecule has 0 aliphatic heterocycles. The molecule has 0 spiro atoms. The van der Waals surface area contributed by atoms with Crippen molar-refractivity contribution in [1.82, 2.24) is 0 Å². The van der Waals surface area contributed by atoms with E-state index in [1.807, 2.05) is 12.1 Å². The Kier molecular flexibility index (Phi) is 7.43. The van der Waals surface area contributed by atoms with Gasteiger partial charge in [0.05, 0.1) is 11.4 Å². The Labute approximate surface area is 161 Å². The highest BCUT2D eigenvalue weighted by molar-refractivity contribution is 5.64. The molecule has 0 heterocycles. The van der Waals surface area contributed by atoms with Crippen LogP contribution in [0.15, 0.2) is 34.3 Å². The monoisotopic (exact) mass is 362 g/mol. The predicted molar refractivity (Wildman–Crippen MR) is 109 cm³/mol. The molecule has 0 bridgehead atoms. The molecule has 0 aliphatic rings. The maximum atomic E-state index is 10.9. The van der Waals surface area contributed by atoms with Crippen LogP contribution in [0.3, 0.4) is 0 Å². The molecule has 2 rings (SSSR count). The van der Waals surface area contributed by atoms with Crippen molar-refractivity contribution in [1.29, 1.82) is 0 Å². The van der Waals surface area contributed by atoms with Crippen molar-refractivity contribution in [2.45, 2.75) is 59.8 Å². The van der Waals surface area contributed by atoms with E-state index in [9.17, 15) is 9.59 Å². The number of benzene rings is 2. The average Bonchev–Trinajstić information content (AvgIpc) is 2.69. The molecule has 140 valence electrons. The third-order valence-corrected chi connectivity index (χ3v) is 5.09. The summed E-state index contributed by atoms with van der Waals surface area (Å²) >= 11 is 0. The summed E-state index contributed by atoms with van der Waals surface area (Å²) in [5.41, 5.74) is 8.07. The Morgan fingerprint density at radius 3 is 1.30 bits per heavy atom. The number of rotatable bonds is 8. The van der Waals surface area contributed by atoms with Gasteiger partial charge < -0.3 is 0 Å². The second kappa shape index (κ2) is 9.78. The van der Waals surface area contributed by atoms with Crippen molar-refractivity contribution in [2.24, 2.45) is 9.98 Å². The molecule has 2 aromatic carbocycles. The molecular weight excluding hydrogens is 336 g/mol. The average molecular weight is 362 g/mol. The van der Waals surface area contributed by atoms with Crippen LogP contribution in [0.5, 0.6) is 0 Å². The first-order chi connectivity index (χ1) is 13.1. The molecule has 4 nitrogen and oxygen atoms in total. The molecule has 0 saturated carbocycles. The fourth-order valence-corrected chi connectivity index (χ4v) is 3.72. The Balaban J connectivity index is 2.63. The van der Waals surface area contributed by atoms with Gasteiger partial charge >= 0.3 is 0 Å². The van der Waals surface area contributed by atoms with Crippen LogP contribution >= 0.6 is 0 Å². The zero-order valence-corrected chi connectivity index (χ0v) is 16.6. The molecule has 0 atom stereocenters. The summed E-state index contributed by atoms with van der Waals surface area (Å²) in [6.07, 6.45) is 7.33. The molecule has 0 radical (unpaired) electrons. The second-order valence-electron chi connectivity index (χ2n) is 6.42. The van der Waals surface area contributed by atoms with Crippen LogP contribution in [0, 0.1) is 0 Å². The van der Waals surface area contributed by atoms with E-state index in [1.165, 1.54) is 0 Å². The maximum absolute atomic E-state index is 10.9. The van der Waals surface area contributed by atoms with E-state index >= 15 is 0 Å². The molecule has 0 unspecified atom stereocenters. The highest BCUT2D eigenvalue weighted by Gasteiger charge is 2.15. The van der Waals surface area contributed by atoms with Gasteiger partial charge in [-0.25, -0.2) is 9.59 Å². The van der Waals surface area contributed by atoms with Crippen molar-refractivity contribution >= 4 is 23.5 Å². The van der Waals surface area contributed by atoms with Gasteiger partial charge in [0.25, 0.3) is 0 Å². The Hall–Kier alpha value is -2.80. The largest absolute Gasteiger partial charge is 0.240 e. The molecule has 0 saturated heterocycles. The number of aryl methyl sites for hydroxylation is 2. The second-order valence-corrected chi connectivity index (χ2v) is 6.42. The Morgan fingerprint density at radius 1 is 0.630 bits per heavy atom. The lowest BCUT2D eigenvalue weighted by molar-refractivity contribution is 0.564. The van der Waals surface area contributed by atoms with Crippen molar-refractivity contribution in [3.05, 3.63) is 57.6 Å². The third-order valence-electron chi connectivity index (χ3n) is 5.09.